The van der Waals surface area contributed by atoms with Crippen LogP contribution in [-0.4, -0.2) is 32.2 Å². The molecule has 1 aliphatic heterocycles. The van der Waals surface area contributed by atoms with E-state index in [0.717, 1.165) is 25.9 Å². The highest BCUT2D eigenvalue weighted by Gasteiger charge is 2.20. The van der Waals surface area contributed by atoms with Crippen molar-refractivity contribution >= 4 is 39.0 Å². The van der Waals surface area contributed by atoms with Gasteiger partial charge >= 0.3 is 5.24 Å². The summed E-state index contributed by atoms with van der Waals surface area (Å²) in [5, 5.41) is 0.943. The van der Waals surface area contributed by atoms with Crippen LogP contribution in [0.5, 0.6) is 0 Å². The van der Waals surface area contributed by atoms with E-state index in [2.05, 4.69) is 9.29 Å². The third-order valence-electron chi connectivity index (χ3n) is 4.38. The number of fused-ring (bicyclic) bond motifs is 2. The zero-order valence-electron chi connectivity index (χ0n) is 13.1. The molecule has 1 fully saturated rings. The summed E-state index contributed by atoms with van der Waals surface area (Å²) in [6.07, 6.45) is 6.62. The fourth-order valence-corrected chi connectivity index (χ4v) is 4.14. The van der Waals surface area contributed by atoms with Gasteiger partial charge in [0.15, 0.2) is 5.43 Å². The fraction of sp³-hybridized carbons (Fsp3) is 0.278. The Labute approximate surface area is 143 Å². The van der Waals surface area contributed by atoms with E-state index in [9.17, 15) is 9.59 Å². The summed E-state index contributed by atoms with van der Waals surface area (Å²) < 4.78 is 3.76. The molecule has 0 N–H and O–H groups in total. The highest BCUT2D eigenvalue weighted by atomic mass is 32.2. The van der Waals surface area contributed by atoms with E-state index in [1.165, 1.54) is 18.4 Å². The molecule has 0 amide bonds. The van der Waals surface area contributed by atoms with Crippen LogP contribution in [0, 0.1) is 0 Å². The number of carbonyl (C=O) groups excluding carboxylic acids is 1. The Morgan fingerprint density at radius 3 is 2.58 bits per heavy atom. The van der Waals surface area contributed by atoms with E-state index < -0.39 is 0 Å². The summed E-state index contributed by atoms with van der Waals surface area (Å²) in [5.41, 5.74) is 1.18. The number of para-hydroxylation sites is 1. The highest BCUT2D eigenvalue weighted by molar-refractivity contribution is 8.11. The van der Waals surface area contributed by atoms with Gasteiger partial charge in [-0.25, -0.2) is 4.31 Å². The van der Waals surface area contributed by atoms with Gasteiger partial charge in [0, 0.05) is 42.8 Å². The van der Waals surface area contributed by atoms with Crippen LogP contribution in [0.25, 0.3) is 21.8 Å². The van der Waals surface area contributed by atoms with Crippen LogP contribution in [0.3, 0.4) is 0 Å². The van der Waals surface area contributed by atoms with Gasteiger partial charge in [0.1, 0.15) is 0 Å². The lowest BCUT2D eigenvalue weighted by molar-refractivity contribution is 0.261. The minimum atomic E-state index is -0.0827. The number of nitrogens with zero attached hydrogens (tertiary/aromatic N) is 3. The van der Waals surface area contributed by atoms with Crippen molar-refractivity contribution < 1.29 is 4.79 Å². The van der Waals surface area contributed by atoms with Crippen LogP contribution in [0.2, 0.25) is 0 Å². The fourth-order valence-electron chi connectivity index (χ4n) is 3.20. The Morgan fingerprint density at radius 2 is 1.75 bits per heavy atom. The van der Waals surface area contributed by atoms with Gasteiger partial charge in [0.25, 0.3) is 0 Å². The van der Waals surface area contributed by atoms with Crippen molar-refractivity contribution in [1.29, 1.82) is 0 Å². The maximum Gasteiger partial charge on any atom is 0.305 e. The molecule has 2 aromatic heterocycles. The number of hydrogen-bond donors (Lipinski definition) is 0. The summed E-state index contributed by atoms with van der Waals surface area (Å²) in [4.78, 5) is 29.7. The standard InChI is InChI=1S/C18H17N3O2S/c22-17-13-6-2-3-7-15(13)21(16-8-9-19-12-14(16)17)18(23)24-20-10-4-1-5-11-20/h2-3,6-9,12H,1,4-5,10-11H2. The number of aromatic nitrogens is 2. The average molecular weight is 339 g/mol. The molecule has 0 aliphatic carbocycles. The van der Waals surface area contributed by atoms with Crippen molar-refractivity contribution in [3.05, 3.63) is 52.9 Å². The van der Waals surface area contributed by atoms with Crippen LogP contribution < -0.4 is 5.43 Å². The molecular formula is C18H17N3O2S. The first-order chi connectivity index (χ1) is 11.8. The molecule has 0 unspecified atom stereocenters. The number of benzene rings is 1. The van der Waals surface area contributed by atoms with Gasteiger partial charge < -0.3 is 0 Å². The number of hydrogen-bond acceptors (Lipinski definition) is 5. The predicted octanol–water partition coefficient (Wildman–Crippen LogP) is 3.65. The van der Waals surface area contributed by atoms with Crippen LogP contribution in [0.15, 0.2) is 47.5 Å². The highest BCUT2D eigenvalue weighted by Crippen LogP contribution is 2.25. The molecule has 0 atom stereocenters. The SMILES string of the molecule is O=C(SN1CCCCC1)n1c2ccccc2c(=O)c2cnccc21. The third kappa shape index (κ3) is 2.61. The topological polar surface area (TPSA) is 55.2 Å². The molecule has 4 rings (SSSR count). The molecule has 24 heavy (non-hydrogen) atoms. The first kappa shape index (κ1) is 15.4. The largest absolute Gasteiger partial charge is 0.305 e. The van der Waals surface area contributed by atoms with Crippen molar-refractivity contribution in [1.82, 2.24) is 13.9 Å². The molecule has 5 nitrogen and oxygen atoms in total. The van der Waals surface area contributed by atoms with Crippen LogP contribution in [0.4, 0.5) is 4.79 Å². The molecule has 122 valence electrons. The quantitative estimate of drug-likeness (QED) is 0.500. The Kier molecular flexibility index (Phi) is 4.08. The van der Waals surface area contributed by atoms with E-state index in [4.69, 9.17) is 0 Å². The van der Waals surface area contributed by atoms with Crippen molar-refractivity contribution in [2.24, 2.45) is 0 Å². The van der Waals surface area contributed by atoms with Gasteiger partial charge in [-0.2, -0.15) is 0 Å². The predicted molar refractivity (Wildman–Crippen MR) is 97.3 cm³/mol. The normalized spacial score (nSPS) is 15.8. The second-order valence-electron chi connectivity index (χ2n) is 5.92. The minimum absolute atomic E-state index is 0.0794. The maximum absolute atomic E-state index is 13.0. The summed E-state index contributed by atoms with van der Waals surface area (Å²) in [6.45, 7) is 1.85. The van der Waals surface area contributed by atoms with E-state index in [1.807, 2.05) is 18.2 Å². The molecule has 3 aromatic rings. The second kappa shape index (κ2) is 6.37. The molecule has 3 heterocycles. The third-order valence-corrected chi connectivity index (χ3v) is 5.34. The molecule has 0 saturated carbocycles. The van der Waals surface area contributed by atoms with Crippen molar-refractivity contribution in [3.63, 3.8) is 0 Å². The van der Waals surface area contributed by atoms with Crippen LogP contribution >= 0.6 is 11.9 Å². The molecule has 0 spiro atoms. The zero-order chi connectivity index (χ0) is 16.5. The molecule has 1 aromatic carbocycles. The lowest BCUT2D eigenvalue weighted by atomic mass is 10.1. The Bertz CT molecular complexity index is 917. The summed E-state index contributed by atoms with van der Waals surface area (Å²) in [7, 11) is 0. The lowest BCUT2D eigenvalue weighted by Gasteiger charge is -2.25. The van der Waals surface area contributed by atoms with Crippen molar-refractivity contribution in [2.45, 2.75) is 19.3 Å². The maximum atomic E-state index is 13.0. The number of piperidine rings is 1. The molecule has 6 heteroatoms. The molecule has 0 bridgehead atoms. The number of pyridine rings is 2. The molecule has 1 saturated heterocycles. The summed E-state index contributed by atoms with van der Waals surface area (Å²) in [5.74, 6) is 0. The van der Waals surface area contributed by atoms with Gasteiger partial charge in [0.2, 0.25) is 0 Å². The average Bonchev–Trinajstić information content (AvgIpc) is 2.63. The minimum Gasteiger partial charge on any atom is -0.288 e. The molecule has 0 radical (unpaired) electrons. The van der Waals surface area contributed by atoms with Gasteiger partial charge in [0.05, 0.1) is 16.4 Å². The monoisotopic (exact) mass is 339 g/mol. The van der Waals surface area contributed by atoms with E-state index >= 15 is 0 Å². The number of carbonyl (C=O) groups is 1. The molecule has 1 aliphatic rings. The van der Waals surface area contributed by atoms with E-state index in [-0.39, 0.29) is 10.7 Å². The van der Waals surface area contributed by atoms with Gasteiger partial charge in [-0.1, -0.05) is 18.6 Å². The smallest absolute Gasteiger partial charge is 0.288 e. The Balaban J connectivity index is 1.90. The van der Waals surface area contributed by atoms with Crippen molar-refractivity contribution in [3.8, 4) is 0 Å². The molecular weight excluding hydrogens is 322 g/mol. The summed E-state index contributed by atoms with van der Waals surface area (Å²) >= 11 is 1.24. The second-order valence-corrected chi connectivity index (χ2v) is 6.97. The van der Waals surface area contributed by atoms with E-state index in [1.54, 1.807) is 29.1 Å². The Morgan fingerprint density at radius 1 is 1.00 bits per heavy atom. The van der Waals surface area contributed by atoms with Crippen molar-refractivity contribution in [2.75, 3.05) is 13.1 Å². The van der Waals surface area contributed by atoms with Gasteiger partial charge in [-0.3, -0.25) is 19.1 Å². The van der Waals surface area contributed by atoms with Crippen LogP contribution in [0.1, 0.15) is 19.3 Å². The first-order valence-electron chi connectivity index (χ1n) is 8.10. The number of rotatable bonds is 1. The summed E-state index contributed by atoms with van der Waals surface area (Å²) in [6, 6.07) is 8.99. The van der Waals surface area contributed by atoms with Gasteiger partial charge in [-0.15, -0.1) is 0 Å². The van der Waals surface area contributed by atoms with E-state index in [0.29, 0.717) is 21.8 Å². The lowest BCUT2D eigenvalue weighted by Crippen LogP contribution is -2.26. The van der Waals surface area contributed by atoms with Crippen LogP contribution in [-0.2, 0) is 0 Å². The van der Waals surface area contributed by atoms with Gasteiger partial charge in [-0.05, 0) is 31.0 Å². The first-order valence-corrected chi connectivity index (χ1v) is 8.88. The Hall–Kier alpha value is -2.18. The zero-order valence-corrected chi connectivity index (χ0v) is 14.0.